The van der Waals surface area contributed by atoms with Gasteiger partial charge in [0, 0.05) is 6.54 Å². The molecule has 0 spiro atoms. The van der Waals surface area contributed by atoms with Gasteiger partial charge in [-0.05, 0) is 45.3 Å². The molecule has 0 saturated carbocycles. The van der Waals surface area contributed by atoms with Crippen molar-refractivity contribution in [2.75, 3.05) is 33.3 Å². The van der Waals surface area contributed by atoms with Crippen molar-refractivity contribution in [3.8, 4) is 0 Å². The highest BCUT2D eigenvalue weighted by Crippen LogP contribution is 2.29. The molecule has 0 aromatic heterocycles. The van der Waals surface area contributed by atoms with Gasteiger partial charge in [-0.15, -0.1) is 0 Å². The van der Waals surface area contributed by atoms with Crippen LogP contribution in [0.1, 0.15) is 25.7 Å². The third kappa shape index (κ3) is 1.88. The van der Waals surface area contributed by atoms with Crippen LogP contribution < -0.4 is 5.32 Å². The summed E-state index contributed by atoms with van der Waals surface area (Å²) in [5, 5.41) is 3.33. The van der Waals surface area contributed by atoms with Crippen molar-refractivity contribution in [1.82, 2.24) is 10.2 Å². The number of nitrogens with one attached hydrogen (secondary N) is 1. The number of hydrogen-bond donors (Lipinski definition) is 1. The molecule has 0 aromatic rings. The Morgan fingerprint density at radius 3 is 2.60 bits per heavy atom. The number of hydrogen-bond acceptors (Lipinski definition) is 4. The Kier molecular flexibility index (Phi) is 3.26. The summed E-state index contributed by atoms with van der Waals surface area (Å²) in [4.78, 5) is 14.3. The van der Waals surface area contributed by atoms with Crippen molar-refractivity contribution in [3.63, 3.8) is 0 Å². The number of rotatable bonds is 2. The maximum Gasteiger partial charge on any atom is 0.327 e. The van der Waals surface area contributed by atoms with Crippen molar-refractivity contribution in [2.24, 2.45) is 0 Å². The first-order valence-corrected chi connectivity index (χ1v) is 5.84. The topological polar surface area (TPSA) is 41.6 Å². The SMILES string of the molecule is COC(=O)C1(N2CCCC2)CCCNC1. The van der Waals surface area contributed by atoms with Crippen LogP contribution in [0, 0.1) is 0 Å². The Morgan fingerprint density at radius 2 is 2.07 bits per heavy atom. The maximum absolute atomic E-state index is 12.0. The average molecular weight is 212 g/mol. The van der Waals surface area contributed by atoms with E-state index in [2.05, 4.69) is 10.2 Å². The minimum Gasteiger partial charge on any atom is -0.468 e. The molecule has 1 atom stereocenters. The van der Waals surface area contributed by atoms with Crippen LogP contribution in [0.15, 0.2) is 0 Å². The number of nitrogens with zero attached hydrogens (tertiary/aromatic N) is 1. The van der Waals surface area contributed by atoms with E-state index in [1.54, 1.807) is 0 Å². The summed E-state index contributed by atoms with van der Waals surface area (Å²) in [7, 11) is 1.49. The van der Waals surface area contributed by atoms with E-state index in [-0.39, 0.29) is 11.5 Å². The van der Waals surface area contributed by atoms with Crippen LogP contribution in [0.2, 0.25) is 0 Å². The number of carbonyl (C=O) groups is 1. The Bertz CT molecular complexity index is 231. The minimum atomic E-state index is -0.372. The van der Waals surface area contributed by atoms with E-state index in [9.17, 15) is 4.79 Å². The van der Waals surface area contributed by atoms with Gasteiger partial charge in [0.05, 0.1) is 7.11 Å². The fourth-order valence-corrected chi connectivity index (χ4v) is 2.80. The normalized spacial score (nSPS) is 32.9. The van der Waals surface area contributed by atoms with Crippen LogP contribution in [-0.4, -0.2) is 49.7 Å². The van der Waals surface area contributed by atoms with E-state index >= 15 is 0 Å². The molecule has 0 aromatic carbocycles. The van der Waals surface area contributed by atoms with Gasteiger partial charge in [-0.2, -0.15) is 0 Å². The van der Waals surface area contributed by atoms with E-state index < -0.39 is 0 Å². The molecule has 15 heavy (non-hydrogen) atoms. The van der Waals surface area contributed by atoms with Crippen LogP contribution >= 0.6 is 0 Å². The molecule has 2 saturated heterocycles. The van der Waals surface area contributed by atoms with Gasteiger partial charge in [-0.1, -0.05) is 0 Å². The maximum atomic E-state index is 12.0. The van der Waals surface area contributed by atoms with Gasteiger partial charge in [0.2, 0.25) is 0 Å². The molecule has 2 heterocycles. The van der Waals surface area contributed by atoms with E-state index in [0.29, 0.717) is 0 Å². The van der Waals surface area contributed by atoms with Crippen molar-refractivity contribution >= 4 is 5.97 Å². The Balaban J connectivity index is 2.16. The highest BCUT2D eigenvalue weighted by Gasteiger charge is 2.46. The van der Waals surface area contributed by atoms with Gasteiger partial charge in [0.25, 0.3) is 0 Å². The summed E-state index contributed by atoms with van der Waals surface area (Å²) < 4.78 is 4.98. The zero-order valence-corrected chi connectivity index (χ0v) is 9.42. The molecule has 2 aliphatic heterocycles. The number of methoxy groups -OCH3 is 1. The lowest BCUT2D eigenvalue weighted by Crippen LogP contribution is -2.62. The van der Waals surface area contributed by atoms with Crippen molar-refractivity contribution in [3.05, 3.63) is 0 Å². The van der Waals surface area contributed by atoms with Crippen LogP contribution in [0.3, 0.4) is 0 Å². The quantitative estimate of drug-likeness (QED) is 0.672. The number of carbonyl (C=O) groups excluding carboxylic acids is 1. The lowest BCUT2D eigenvalue weighted by atomic mass is 9.88. The summed E-state index contributed by atoms with van der Waals surface area (Å²) >= 11 is 0. The highest BCUT2D eigenvalue weighted by molar-refractivity contribution is 5.81. The summed E-state index contributed by atoms with van der Waals surface area (Å²) in [5.74, 6) is -0.0587. The van der Waals surface area contributed by atoms with E-state index in [1.807, 2.05) is 0 Å². The first kappa shape index (κ1) is 10.9. The lowest BCUT2D eigenvalue weighted by Gasteiger charge is -2.42. The third-order valence-electron chi connectivity index (χ3n) is 3.64. The second-order valence-corrected chi connectivity index (χ2v) is 4.50. The molecule has 0 amide bonds. The van der Waals surface area contributed by atoms with Gasteiger partial charge in [0.1, 0.15) is 5.54 Å². The van der Waals surface area contributed by atoms with Gasteiger partial charge in [0.15, 0.2) is 0 Å². The van der Waals surface area contributed by atoms with Crippen LogP contribution in [0.4, 0.5) is 0 Å². The molecule has 1 N–H and O–H groups in total. The standard InChI is InChI=1S/C11H20N2O2/c1-15-10(14)11(5-4-6-12-9-11)13-7-2-3-8-13/h12H,2-9H2,1H3. The smallest absolute Gasteiger partial charge is 0.327 e. The number of ether oxygens (including phenoxy) is 1. The Hall–Kier alpha value is -0.610. The van der Waals surface area contributed by atoms with Gasteiger partial charge >= 0.3 is 5.97 Å². The molecule has 1 unspecified atom stereocenters. The summed E-state index contributed by atoms with van der Waals surface area (Å²) in [6, 6.07) is 0. The Labute approximate surface area is 91.0 Å². The number of piperidine rings is 1. The average Bonchev–Trinajstić information content (AvgIpc) is 2.83. The number of esters is 1. The first-order valence-electron chi connectivity index (χ1n) is 5.84. The molecule has 4 nitrogen and oxygen atoms in total. The molecule has 2 rings (SSSR count). The second kappa shape index (κ2) is 4.49. The highest BCUT2D eigenvalue weighted by atomic mass is 16.5. The third-order valence-corrected chi connectivity index (χ3v) is 3.64. The van der Waals surface area contributed by atoms with Gasteiger partial charge in [-0.3, -0.25) is 4.90 Å². The van der Waals surface area contributed by atoms with Crippen molar-refractivity contribution in [1.29, 1.82) is 0 Å². The summed E-state index contributed by atoms with van der Waals surface area (Å²) in [5.41, 5.74) is -0.372. The molecule has 86 valence electrons. The predicted octanol–water partition coefficient (Wildman–Crippen LogP) is 0.377. The first-order chi connectivity index (χ1) is 7.29. The summed E-state index contributed by atoms with van der Waals surface area (Å²) in [6.07, 6.45) is 4.41. The molecular formula is C11H20N2O2. The molecular weight excluding hydrogens is 192 g/mol. The minimum absolute atomic E-state index is 0.0587. The largest absolute Gasteiger partial charge is 0.468 e. The molecule has 4 heteroatoms. The van der Waals surface area contributed by atoms with E-state index in [4.69, 9.17) is 4.74 Å². The molecule has 2 aliphatic rings. The van der Waals surface area contributed by atoms with Crippen LogP contribution in [0.25, 0.3) is 0 Å². The van der Waals surface area contributed by atoms with Crippen LogP contribution in [-0.2, 0) is 9.53 Å². The van der Waals surface area contributed by atoms with Crippen molar-refractivity contribution in [2.45, 2.75) is 31.2 Å². The molecule has 0 bridgehead atoms. The zero-order valence-electron chi connectivity index (χ0n) is 9.42. The monoisotopic (exact) mass is 212 g/mol. The molecule has 2 fully saturated rings. The Morgan fingerprint density at radius 1 is 1.33 bits per heavy atom. The molecule has 0 aliphatic carbocycles. The second-order valence-electron chi connectivity index (χ2n) is 4.50. The van der Waals surface area contributed by atoms with Gasteiger partial charge < -0.3 is 10.1 Å². The van der Waals surface area contributed by atoms with Crippen molar-refractivity contribution < 1.29 is 9.53 Å². The fraction of sp³-hybridized carbons (Fsp3) is 0.909. The van der Waals surface area contributed by atoms with E-state index in [0.717, 1.165) is 39.0 Å². The van der Waals surface area contributed by atoms with Gasteiger partial charge in [-0.25, -0.2) is 4.79 Å². The lowest BCUT2D eigenvalue weighted by molar-refractivity contribution is -0.156. The summed E-state index contributed by atoms with van der Waals surface area (Å²) in [6.45, 7) is 3.85. The van der Waals surface area contributed by atoms with E-state index in [1.165, 1.54) is 20.0 Å². The molecule has 0 radical (unpaired) electrons. The predicted molar refractivity (Wildman–Crippen MR) is 57.7 cm³/mol. The fourth-order valence-electron chi connectivity index (χ4n) is 2.80. The number of likely N-dealkylation sites (tertiary alicyclic amines) is 1. The van der Waals surface area contributed by atoms with Crippen LogP contribution in [0.5, 0.6) is 0 Å². The zero-order chi connectivity index (χ0) is 10.7.